The average Bonchev–Trinajstić information content (AvgIpc) is 2.65. The highest BCUT2D eigenvalue weighted by Crippen LogP contribution is 2.49. The van der Waals surface area contributed by atoms with Crippen molar-refractivity contribution in [1.82, 2.24) is 10.2 Å². The number of likely N-dealkylation sites (N-methyl/N-ethyl adjacent to an activating group) is 1. The highest BCUT2D eigenvalue weighted by atomic mass is 19.1. The van der Waals surface area contributed by atoms with Gasteiger partial charge in [0.15, 0.2) is 0 Å². The molecule has 3 nitrogen and oxygen atoms in total. The normalized spacial score (nSPS) is 26.1. The molecule has 1 N–H and O–H groups in total. The molecule has 4 heteroatoms. The lowest BCUT2D eigenvalue weighted by atomic mass is 9.68. The van der Waals surface area contributed by atoms with Gasteiger partial charge in [-0.1, -0.05) is 12.1 Å². The van der Waals surface area contributed by atoms with Crippen molar-refractivity contribution in [3.63, 3.8) is 0 Å². The predicted molar refractivity (Wildman–Crippen MR) is 71.3 cm³/mol. The summed E-state index contributed by atoms with van der Waals surface area (Å²) in [7, 11) is 1.85. The van der Waals surface area contributed by atoms with Crippen LogP contribution in [0.1, 0.15) is 24.3 Å². The molecule has 2 aliphatic heterocycles. The van der Waals surface area contributed by atoms with Crippen molar-refractivity contribution in [1.29, 1.82) is 0 Å². The maximum absolute atomic E-state index is 13.5. The number of nitrogens with zero attached hydrogens (tertiary/aromatic N) is 1. The van der Waals surface area contributed by atoms with Crippen LogP contribution in [0.25, 0.3) is 0 Å². The van der Waals surface area contributed by atoms with Gasteiger partial charge in [0.2, 0.25) is 5.91 Å². The van der Waals surface area contributed by atoms with E-state index in [0.29, 0.717) is 6.54 Å². The lowest BCUT2D eigenvalue weighted by Gasteiger charge is -2.36. The van der Waals surface area contributed by atoms with Crippen molar-refractivity contribution in [3.05, 3.63) is 35.6 Å². The van der Waals surface area contributed by atoms with Crippen LogP contribution in [0.3, 0.4) is 0 Å². The molecule has 2 heterocycles. The molecular weight excluding hydrogens is 243 g/mol. The second-order valence-corrected chi connectivity index (χ2v) is 5.70. The molecule has 0 saturated carbocycles. The Bertz CT molecular complexity index is 497. The minimum absolute atomic E-state index is 0.114. The smallest absolute Gasteiger partial charge is 0.229 e. The SMILES string of the molecule is CN1CC(c2cccc(F)c2)C2(CCNCC2)C1=O. The van der Waals surface area contributed by atoms with Gasteiger partial charge in [-0.05, 0) is 43.6 Å². The number of halogens is 1. The summed E-state index contributed by atoms with van der Waals surface area (Å²) in [6, 6.07) is 6.73. The first-order valence-corrected chi connectivity index (χ1v) is 6.85. The number of piperidine rings is 1. The summed E-state index contributed by atoms with van der Waals surface area (Å²) < 4.78 is 13.5. The maximum Gasteiger partial charge on any atom is 0.229 e. The standard InChI is InChI=1S/C15H19FN2O/c1-18-10-13(11-3-2-4-12(16)9-11)15(14(18)19)5-7-17-8-6-15/h2-4,9,13,17H,5-8,10H2,1H3. The maximum atomic E-state index is 13.5. The summed E-state index contributed by atoms with van der Waals surface area (Å²) in [6.07, 6.45) is 1.69. The average molecular weight is 262 g/mol. The van der Waals surface area contributed by atoms with Crippen LogP contribution in [0.2, 0.25) is 0 Å². The molecule has 1 aromatic carbocycles. The van der Waals surface area contributed by atoms with E-state index in [1.807, 2.05) is 13.1 Å². The highest BCUT2D eigenvalue weighted by Gasteiger charge is 2.53. The zero-order valence-corrected chi connectivity index (χ0v) is 11.2. The third kappa shape index (κ3) is 1.94. The van der Waals surface area contributed by atoms with E-state index >= 15 is 0 Å². The van der Waals surface area contributed by atoms with E-state index in [1.165, 1.54) is 6.07 Å². The second kappa shape index (κ2) is 4.60. The molecule has 2 aliphatic rings. The van der Waals surface area contributed by atoms with Gasteiger partial charge in [0.05, 0.1) is 5.41 Å². The zero-order chi connectivity index (χ0) is 13.5. The summed E-state index contributed by atoms with van der Waals surface area (Å²) in [5.41, 5.74) is 0.632. The van der Waals surface area contributed by atoms with Crippen LogP contribution in [0, 0.1) is 11.2 Å². The molecule has 3 rings (SSSR count). The largest absolute Gasteiger partial charge is 0.345 e. The molecule has 1 atom stereocenters. The second-order valence-electron chi connectivity index (χ2n) is 5.70. The van der Waals surface area contributed by atoms with Gasteiger partial charge in [-0.15, -0.1) is 0 Å². The highest BCUT2D eigenvalue weighted by molar-refractivity contribution is 5.86. The van der Waals surface area contributed by atoms with Crippen molar-refractivity contribution in [2.75, 3.05) is 26.7 Å². The van der Waals surface area contributed by atoms with Crippen LogP contribution in [0.4, 0.5) is 4.39 Å². The monoisotopic (exact) mass is 262 g/mol. The third-order valence-electron chi connectivity index (χ3n) is 4.64. The van der Waals surface area contributed by atoms with Crippen LogP contribution in [-0.2, 0) is 4.79 Å². The molecule has 19 heavy (non-hydrogen) atoms. The first-order chi connectivity index (χ1) is 9.13. The molecule has 1 spiro atoms. The van der Waals surface area contributed by atoms with Gasteiger partial charge in [-0.2, -0.15) is 0 Å². The van der Waals surface area contributed by atoms with Gasteiger partial charge in [0.25, 0.3) is 0 Å². The van der Waals surface area contributed by atoms with Crippen LogP contribution >= 0.6 is 0 Å². The molecule has 1 unspecified atom stereocenters. The fraction of sp³-hybridized carbons (Fsp3) is 0.533. The molecular formula is C15H19FN2O. The first-order valence-electron chi connectivity index (χ1n) is 6.85. The van der Waals surface area contributed by atoms with E-state index in [4.69, 9.17) is 0 Å². The summed E-state index contributed by atoms with van der Waals surface area (Å²) >= 11 is 0. The fourth-order valence-electron chi connectivity index (χ4n) is 3.64. The Morgan fingerprint density at radius 1 is 1.37 bits per heavy atom. The molecule has 0 aromatic heterocycles. The van der Waals surface area contributed by atoms with Gasteiger partial charge < -0.3 is 10.2 Å². The number of nitrogens with one attached hydrogen (secondary N) is 1. The molecule has 0 aliphatic carbocycles. The van der Waals surface area contributed by atoms with E-state index in [1.54, 1.807) is 17.0 Å². The quantitative estimate of drug-likeness (QED) is 0.836. The molecule has 102 valence electrons. The predicted octanol–water partition coefficient (Wildman–Crippen LogP) is 1.75. The van der Waals surface area contributed by atoms with Crippen molar-refractivity contribution in [2.24, 2.45) is 5.41 Å². The summed E-state index contributed by atoms with van der Waals surface area (Å²) in [6.45, 7) is 2.43. The fourth-order valence-corrected chi connectivity index (χ4v) is 3.64. The van der Waals surface area contributed by atoms with E-state index in [2.05, 4.69) is 5.32 Å². The summed E-state index contributed by atoms with van der Waals surface area (Å²) in [5.74, 6) is 0.120. The Hall–Kier alpha value is -1.42. The van der Waals surface area contributed by atoms with E-state index in [9.17, 15) is 9.18 Å². The lowest BCUT2D eigenvalue weighted by molar-refractivity contribution is -0.136. The van der Waals surface area contributed by atoms with E-state index in [-0.39, 0.29) is 23.1 Å². The summed E-state index contributed by atoms with van der Waals surface area (Å²) in [4.78, 5) is 14.4. The van der Waals surface area contributed by atoms with Crippen LogP contribution in [0.5, 0.6) is 0 Å². The molecule has 2 fully saturated rings. The Morgan fingerprint density at radius 3 is 2.79 bits per heavy atom. The third-order valence-corrected chi connectivity index (χ3v) is 4.64. The molecule has 0 bridgehead atoms. The minimum atomic E-state index is -0.326. The van der Waals surface area contributed by atoms with Crippen LogP contribution in [-0.4, -0.2) is 37.5 Å². The Labute approximate surface area is 112 Å². The van der Waals surface area contributed by atoms with Gasteiger partial charge >= 0.3 is 0 Å². The van der Waals surface area contributed by atoms with Gasteiger partial charge in [0, 0.05) is 19.5 Å². The van der Waals surface area contributed by atoms with Crippen molar-refractivity contribution < 1.29 is 9.18 Å². The molecule has 1 aromatic rings. The Balaban J connectivity index is 2.01. The van der Waals surface area contributed by atoms with Gasteiger partial charge in [-0.3, -0.25) is 4.79 Å². The topological polar surface area (TPSA) is 32.3 Å². The number of likely N-dealkylation sites (tertiary alicyclic amines) is 1. The molecule has 0 radical (unpaired) electrons. The minimum Gasteiger partial charge on any atom is -0.345 e. The van der Waals surface area contributed by atoms with E-state index < -0.39 is 0 Å². The number of carbonyl (C=O) groups excluding carboxylic acids is 1. The number of amides is 1. The van der Waals surface area contributed by atoms with Gasteiger partial charge in [-0.25, -0.2) is 4.39 Å². The lowest BCUT2D eigenvalue weighted by Crippen LogP contribution is -2.44. The number of rotatable bonds is 1. The molecule has 1 amide bonds. The number of hydrogen-bond donors (Lipinski definition) is 1. The Kier molecular flexibility index (Phi) is 3.05. The van der Waals surface area contributed by atoms with Crippen molar-refractivity contribution in [2.45, 2.75) is 18.8 Å². The molecule has 2 saturated heterocycles. The van der Waals surface area contributed by atoms with Crippen LogP contribution in [0.15, 0.2) is 24.3 Å². The van der Waals surface area contributed by atoms with Crippen molar-refractivity contribution in [3.8, 4) is 0 Å². The number of hydrogen-bond acceptors (Lipinski definition) is 2. The van der Waals surface area contributed by atoms with Crippen molar-refractivity contribution >= 4 is 5.91 Å². The number of carbonyl (C=O) groups is 1. The number of benzene rings is 1. The van der Waals surface area contributed by atoms with Crippen LogP contribution < -0.4 is 5.32 Å². The summed E-state index contributed by atoms with van der Waals surface area (Å²) in [5, 5.41) is 3.31. The van der Waals surface area contributed by atoms with Gasteiger partial charge in [0.1, 0.15) is 5.82 Å². The Morgan fingerprint density at radius 2 is 2.11 bits per heavy atom. The zero-order valence-electron chi connectivity index (χ0n) is 11.2. The first kappa shape index (κ1) is 12.6. The van der Waals surface area contributed by atoms with E-state index in [0.717, 1.165) is 31.5 Å².